The summed E-state index contributed by atoms with van der Waals surface area (Å²) in [6.45, 7) is 4.43. The highest BCUT2D eigenvalue weighted by atomic mass is 16.5. The van der Waals surface area contributed by atoms with Gasteiger partial charge in [-0.3, -0.25) is 0 Å². The van der Waals surface area contributed by atoms with Gasteiger partial charge in [0, 0.05) is 19.0 Å². The number of aryl methyl sites for hydroxylation is 3. The quantitative estimate of drug-likeness (QED) is 0.609. The van der Waals surface area contributed by atoms with Crippen molar-refractivity contribution in [1.29, 1.82) is 0 Å². The summed E-state index contributed by atoms with van der Waals surface area (Å²) in [4.78, 5) is 4.48. The van der Waals surface area contributed by atoms with Crippen molar-refractivity contribution in [3.05, 3.63) is 77.4 Å². The third-order valence-corrected chi connectivity index (χ3v) is 5.18. The zero-order chi connectivity index (χ0) is 19.2. The maximum Gasteiger partial charge on any atom is 0.147 e. The number of hydrogen-bond acceptors (Lipinski definition) is 4. The van der Waals surface area contributed by atoms with Crippen molar-refractivity contribution in [2.24, 2.45) is 0 Å². The standard InChI is InChI=1S/C23H28N4O/c1-18-25-23-13-12-21(17-27(23)26-18)24-16-20-9-5-11-22(15-20)28-14-6-10-19-7-3-2-4-8-19/h2-5,7-9,11,15,21,24H,6,10,12-14,16-17H2,1H3. The van der Waals surface area contributed by atoms with Gasteiger partial charge in [0.05, 0.1) is 13.2 Å². The van der Waals surface area contributed by atoms with Gasteiger partial charge in [-0.15, -0.1) is 0 Å². The van der Waals surface area contributed by atoms with E-state index in [1.165, 1.54) is 11.1 Å². The van der Waals surface area contributed by atoms with Gasteiger partial charge in [0.25, 0.3) is 0 Å². The molecule has 3 aromatic rings. The van der Waals surface area contributed by atoms with Crippen molar-refractivity contribution >= 4 is 0 Å². The van der Waals surface area contributed by atoms with E-state index in [0.717, 1.165) is 62.8 Å². The van der Waals surface area contributed by atoms with Crippen molar-refractivity contribution < 1.29 is 4.74 Å². The van der Waals surface area contributed by atoms with Crippen LogP contribution >= 0.6 is 0 Å². The van der Waals surface area contributed by atoms with Gasteiger partial charge >= 0.3 is 0 Å². The Morgan fingerprint density at radius 1 is 1.11 bits per heavy atom. The maximum absolute atomic E-state index is 5.96. The van der Waals surface area contributed by atoms with Gasteiger partial charge in [-0.05, 0) is 49.4 Å². The van der Waals surface area contributed by atoms with Gasteiger partial charge in [0.1, 0.15) is 17.4 Å². The molecule has 1 aliphatic rings. The second kappa shape index (κ2) is 9.02. The summed E-state index contributed by atoms with van der Waals surface area (Å²) in [6.07, 6.45) is 4.17. The molecule has 0 saturated carbocycles. The zero-order valence-electron chi connectivity index (χ0n) is 16.5. The Morgan fingerprint density at radius 2 is 1.96 bits per heavy atom. The lowest BCUT2D eigenvalue weighted by atomic mass is 10.1. The highest BCUT2D eigenvalue weighted by Gasteiger charge is 2.20. The van der Waals surface area contributed by atoms with Gasteiger partial charge in [-0.2, -0.15) is 5.10 Å². The molecule has 5 nitrogen and oxygen atoms in total. The molecule has 0 fully saturated rings. The molecule has 0 spiro atoms. The minimum absolute atomic E-state index is 0.434. The number of benzene rings is 2. The fraction of sp³-hybridized carbons (Fsp3) is 0.391. The zero-order valence-corrected chi connectivity index (χ0v) is 16.5. The van der Waals surface area contributed by atoms with Crippen LogP contribution in [-0.4, -0.2) is 27.4 Å². The molecule has 1 N–H and O–H groups in total. The molecule has 2 aromatic carbocycles. The number of nitrogens with zero attached hydrogens (tertiary/aromatic N) is 3. The van der Waals surface area contributed by atoms with E-state index < -0.39 is 0 Å². The third-order valence-electron chi connectivity index (χ3n) is 5.18. The highest BCUT2D eigenvalue weighted by Crippen LogP contribution is 2.16. The Bertz CT molecular complexity index is 891. The van der Waals surface area contributed by atoms with Crippen LogP contribution in [0.15, 0.2) is 54.6 Å². The van der Waals surface area contributed by atoms with Gasteiger partial charge in [-0.25, -0.2) is 9.67 Å². The lowest BCUT2D eigenvalue weighted by Crippen LogP contribution is -2.37. The molecule has 1 unspecified atom stereocenters. The Morgan fingerprint density at radius 3 is 2.86 bits per heavy atom. The Labute approximate surface area is 166 Å². The molecular formula is C23H28N4O. The molecule has 0 amide bonds. The van der Waals surface area contributed by atoms with Gasteiger partial charge < -0.3 is 10.1 Å². The normalized spacial score (nSPS) is 16.0. The van der Waals surface area contributed by atoms with E-state index in [1.54, 1.807) is 0 Å². The number of hydrogen-bond donors (Lipinski definition) is 1. The third kappa shape index (κ3) is 4.98. The predicted octanol–water partition coefficient (Wildman–Crippen LogP) is 3.70. The van der Waals surface area contributed by atoms with Gasteiger partial charge in [0.2, 0.25) is 0 Å². The summed E-state index contributed by atoms with van der Waals surface area (Å²) in [6, 6.07) is 19.4. The average Bonchev–Trinajstić information content (AvgIpc) is 3.10. The molecule has 28 heavy (non-hydrogen) atoms. The monoisotopic (exact) mass is 376 g/mol. The maximum atomic E-state index is 5.96. The van der Waals surface area contributed by atoms with Crippen LogP contribution in [0.5, 0.6) is 5.75 Å². The first-order valence-electron chi connectivity index (χ1n) is 10.2. The van der Waals surface area contributed by atoms with Crippen LogP contribution in [0.3, 0.4) is 0 Å². The first-order valence-corrected chi connectivity index (χ1v) is 10.2. The molecule has 2 heterocycles. The largest absolute Gasteiger partial charge is 0.494 e. The number of fused-ring (bicyclic) bond motifs is 1. The molecule has 1 atom stereocenters. The van der Waals surface area contributed by atoms with E-state index in [-0.39, 0.29) is 0 Å². The summed E-state index contributed by atoms with van der Waals surface area (Å²) in [5.74, 6) is 2.93. The molecule has 146 valence electrons. The summed E-state index contributed by atoms with van der Waals surface area (Å²) in [5, 5.41) is 8.14. The molecule has 1 aliphatic heterocycles. The van der Waals surface area contributed by atoms with Crippen LogP contribution in [0.25, 0.3) is 0 Å². The van der Waals surface area contributed by atoms with E-state index >= 15 is 0 Å². The summed E-state index contributed by atoms with van der Waals surface area (Å²) in [7, 11) is 0. The average molecular weight is 377 g/mol. The smallest absolute Gasteiger partial charge is 0.147 e. The van der Waals surface area contributed by atoms with E-state index in [1.807, 2.05) is 17.7 Å². The van der Waals surface area contributed by atoms with Crippen LogP contribution in [0.2, 0.25) is 0 Å². The molecule has 1 aromatic heterocycles. The van der Waals surface area contributed by atoms with Crippen molar-refractivity contribution in [1.82, 2.24) is 20.1 Å². The summed E-state index contributed by atoms with van der Waals surface area (Å²) in [5.41, 5.74) is 2.61. The molecule has 0 aliphatic carbocycles. The number of ether oxygens (including phenoxy) is 1. The van der Waals surface area contributed by atoms with E-state index in [4.69, 9.17) is 4.74 Å². The Balaban J connectivity index is 1.22. The molecule has 0 saturated heterocycles. The molecule has 4 rings (SSSR count). The van der Waals surface area contributed by atoms with Gasteiger partial charge in [-0.1, -0.05) is 42.5 Å². The first-order chi connectivity index (χ1) is 13.8. The minimum Gasteiger partial charge on any atom is -0.494 e. The Hall–Kier alpha value is -2.66. The van der Waals surface area contributed by atoms with Crippen molar-refractivity contribution in [2.45, 2.75) is 51.7 Å². The molecule has 0 radical (unpaired) electrons. The summed E-state index contributed by atoms with van der Waals surface area (Å²) >= 11 is 0. The highest BCUT2D eigenvalue weighted by molar-refractivity contribution is 5.28. The lowest BCUT2D eigenvalue weighted by molar-refractivity contribution is 0.310. The number of aromatic nitrogens is 3. The van der Waals surface area contributed by atoms with Crippen molar-refractivity contribution in [3.63, 3.8) is 0 Å². The van der Waals surface area contributed by atoms with Crippen LogP contribution in [-0.2, 0) is 25.9 Å². The fourth-order valence-electron chi connectivity index (χ4n) is 3.72. The minimum atomic E-state index is 0.434. The molecular weight excluding hydrogens is 348 g/mol. The first kappa shape index (κ1) is 18.7. The SMILES string of the molecule is Cc1nc2n(n1)CC(NCc1cccc(OCCCc3ccccc3)c1)CC2. The second-order valence-electron chi connectivity index (χ2n) is 7.46. The van der Waals surface area contributed by atoms with E-state index in [0.29, 0.717) is 6.04 Å². The predicted molar refractivity (Wildman–Crippen MR) is 110 cm³/mol. The number of nitrogens with one attached hydrogen (secondary N) is 1. The number of rotatable bonds is 8. The van der Waals surface area contributed by atoms with Crippen molar-refractivity contribution in [2.75, 3.05) is 6.61 Å². The van der Waals surface area contributed by atoms with E-state index in [2.05, 4.69) is 63.9 Å². The van der Waals surface area contributed by atoms with E-state index in [9.17, 15) is 0 Å². The van der Waals surface area contributed by atoms with Crippen molar-refractivity contribution in [3.8, 4) is 5.75 Å². The van der Waals surface area contributed by atoms with Gasteiger partial charge in [0.15, 0.2) is 0 Å². The van der Waals surface area contributed by atoms with Crippen LogP contribution in [0.1, 0.15) is 35.6 Å². The second-order valence-corrected chi connectivity index (χ2v) is 7.46. The fourth-order valence-corrected chi connectivity index (χ4v) is 3.72. The Kier molecular flexibility index (Phi) is 6.02. The van der Waals surface area contributed by atoms with Crippen LogP contribution in [0, 0.1) is 6.92 Å². The van der Waals surface area contributed by atoms with Crippen LogP contribution < -0.4 is 10.1 Å². The lowest BCUT2D eigenvalue weighted by Gasteiger charge is -2.23. The molecule has 0 bridgehead atoms. The topological polar surface area (TPSA) is 52.0 Å². The summed E-state index contributed by atoms with van der Waals surface area (Å²) < 4.78 is 8.00. The van der Waals surface area contributed by atoms with Crippen LogP contribution in [0.4, 0.5) is 0 Å². The molecule has 5 heteroatoms.